The quantitative estimate of drug-likeness (QED) is 0.590. The van der Waals surface area contributed by atoms with E-state index in [4.69, 9.17) is 0 Å². The van der Waals surface area contributed by atoms with Crippen LogP contribution in [0.1, 0.15) is 33.1 Å². The molecule has 0 rings (SSSR count). The van der Waals surface area contributed by atoms with Gasteiger partial charge in [-0.3, -0.25) is 0 Å². The van der Waals surface area contributed by atoms with Gasteiger partial charge in [0.25, 0.3) is 0 Å². The van der Waals surface area contributed by atoms with Crippen LogP contribution < -0.4 is 0 Å². The molecule has 0 spiro atoms. The molecule has 0 atom stereocenters. The van der Waals surface area contributed by atoms with Crippen molar-refractivity contribution in [3.63, 3.8) is 0 Å². The molecule has 0 unspecified atom stereocenters. The largest absolute Gasteiger partial charge is 0.381 e. The molecule has 0 aromatic rings. The van der Waals surface area contributed by atoms with Crippen LogP contribution in [0.25, 0.3) is 0 Å². The summed E-state index contributed by atoms with van der Waals surface area (Å²) in [6.45, 7) is 8.50. The zero-order chi connectivity index (χ0) is 8.85. The Morgan fingerprint density at radius 2 is 1.91 bits per heavy atom. The van der Waals surface area contributed by atoms with Crippen LogP contribution in [-0.2, 0) is 0 Å². The summed E-state index contributed by atoms with van der Waals surface area (Å²) >= 11 is 0. The highest BCUT2D eigenvalue weighted by molar-refractivity contribution is 4.90. The van der Waals surface area contributed by atoms with Crippen molar-refractivity contribution < 1.29 is 0 Å². The van der Waals surface area contributed by atoms with E-state index in [0.717, 1.165) is 12.3 Å². The molecule has 0 radical (unpaired) electrons. The Hall–Kier alpha value is -0.460. The third kappa shape index (κ3) is 5.96. The fraction of sp³-hybridized carbons (Fsp3) is 0.800. The van der Waals surface area contributed by atoms with Crippen LogP contribution in [0.2, 0.25) is 0 Å². The zero-order valence-electron chi connectivity index (χ0n) is 8.35. The second kappa shape index (κ2) is 5.22. The minimum Gasteiger partial charge on any atom is -0.381 e. The SMILES string of the molecule is C=C(CCCC(C)C)N(C)C. The molecule has 0 saturated carbocycles. The molecule has 0 aromatic carbocycles. The van der Waals surface area contributed by atoms with Crippen molar-refractivity contribution in [1.29, 1.82) is 0 Å². The summed E-state index contributed by atoms with van der Waals surface area (Å²) < 4.78 is 0. The van der Waals surface area contributed by atoms with Crippen LogP contribution >= 0.6 is 0 Å². The summed E-state index contributed by atoms with van der Waals surface area (Å²) in [5.74, 6) is 0.824. The van der Waals surface area contributed by atoms with E-state index in [-0.39, 0.29) is 0 Å². The molecule has 0 heterocycles. The van der Waals surface area contributed by atoms with Gasteiger partial charge in [0.1, 0.15) is 0 Å². The lowest BCUT2D eigenvalue weighted by Crippen LogP contribution is -2.09. The van der Waals surface area contributed by atoms with Crippen molar-refractivity contribution >= 4 is 0 Å². The molecule has 0 aliphatic heterocycles. The van der Waals surface area contributed by atoms with E-state index in [1.54, 1.807) is 0 Å². The summed E-state index contributed by atoms with van der Waals surface area (Å²) in [4.78, 5) is 2.10. The van der Waals surface area contributed by atoms with E-state index in [0.29, 0.717) is 0 Å². The molecule has 66 valence electrons. The second-order valence-corrected chi connectivity index (χ2v) is 3.75. The second-order valence-electron chi connectivity index (χ2n) is 3.75. The van der Waals surface area contributed by atoms with Crippen LogP contribution in [-0.4, -0.2) is 19.0 Å². The normalized spacial score (nSPS) is 10.3. The van der Waals surface area contributed by atoms with Crippen LogP contribution in [0, 0.1) is 5.92 Å². The van der Waals surface area contributed by atoms with Crippen molar-refractivity contribution in [1.82, 2.24) is 4.90 Å². The molecule has 1 heteroatoms. The van der Waals surface area contributed by atoms with Gasteiger partial charge in [-0.2, -0.15) is 0 Å². The third-order valence-corrected chi connectivity index (χ3v) is 1.88. The lowest BCUT2D eigenvalue weighted by molar-refractivity contribution is 0.463. The van der Waals surface area contributed by atoms with Crippen molar-refractivity contribution in [2.75, 3.05) is 14.1 Å². The summed E-state index contributed by atoms with van der Waals surface area (Å²) in [6, 6.07) is 0. The maximum Gasteiger partial charge on any atom is 0.00579 e. The monoisotopic (exact) mass is 155 g/mol. The van der Waals surface area contributed by atoms with Crippen molar-refractivity contribution in [3.8, 4) is 0 Å². The molecule has 0 aliphatic carbocycles. The molecular weight excluding hydrogens is 134 g/mol. The molecule has 0 amide bonds. The summed E-state index contributed by atoms with van der Waals surface area (Å²) in [6.07, 6.45) is 3.73. The van der Waals surface area contributed by atoms with Crippen LogP contribution in [0.15, 0.2) is 12.3 Å². The van der Waals surface area contributed by atoms with E-state index in [9.17, 15) is 0 Å². The smallest absolute Gasteiger partial charge is 0.00579 e. The van der Waals surface area contributed by atoms with Gasteiger partial charge in [0.2, 0.25) is 0 Å². The van der Waals surface area contributed by atoms with Gasteiger partial charge < -0.3 is 4.90 Å². The lowest BCUT2D eigenvalue weighted by atomic mass is 10.1. The number of hydrogen-bond donors (Lipinski definition) is 0. The number of allylic oxidation sites excluding steroid dienone is 1. The summed E-state index contributed by atoms with van der Waals surface area (Å²) in [5, 5.41) is 0. The van der Waals surface area contributed by atoms with Gasteiger partial charge in [0.15, 0.2) is 0 Å². The van der Waals surface area contributed by atoms with E-state index < -0.39 is 0 Å². The zero-order valence-corrected chi connectivity index (χ0v) is 8.35. The Morgan fingerprint density at radius 3 is 2.27 bits per heavy atom. The fourth-order valence-corrected chi connectivity index (χ4v) is 0.938. The topological polar surface area (TPSA) is 3.24 Å². The average Bonchev–Trinajstić information content (AvgIpc) is 1.86. The Morgan fingerprint density at radius 1 is 1.36 bits per heavy atom. The molecule has 0 bridgehead atoms. The van der Waals surface area contributed by atoms with Crippen molar-refractivity contribution in [2.45, 2.75) is 33.1 Å². The van der Waals surface area contributed by atoms with Gasteiger partial charge in [-0.1, -0.05) is 26.8 Å². The van der Waals surface area contributed by atoms with Gasteiger partial charge in [-0.15, -0.1) is 0 Å². The maximum absolute atomic E-state index is 3.98. The number of hydrogen-bond acceptors (Lipinski definition) is 1. The predicted octanol–water partition coefficient (Wildman–Crippen LogP) is 2.89. The van der Waals surface area contributed by atoms with Gasteiger partial charge >= 0.3 is 0 Å². The number of rotatable bonds is 5. The van der Waals surface area contributed by atoms with E-state index in [1.165, 1.54) is 18.5 Å². The first-order chi connectivity index (χ1) is 5.04. The van der Waals surface area contributed by atoms with E-state index in [1.807, 2.05) is 0 Å². The van der Waals surface area contributed by atoms with Gasteiger partial charge in [-0.05, 0) is 18.8 Å². The highest BCUT2D eigenvalue weighted by Gasteiger charge is 1.97. The Bertz CT molecular complexity index is 114. The molecule has 0 fully saturated rings. The summed E-state index contributed by atoms with van der Waals surface area (Å²) in [5.41, 5.74) is 1.24. The average molecular weight is 155 g/mol. The van der Waals surface area contributed by atoms with E-state index in [2.05, 4.69) is 39.4 Å². The predicted molar refractivity (Wildman–Crippen MR) is 51.5 cm³/mol. The first-order valence-corrected chi connectivity index (χ1v) is 4.39. The minimum atomic E-state index is 0.824. The molecule has 11 heavy (non-hydrogen) atoms. The van der Waals surface area contributed by atoms with Crippen LogP contribution in [0.5, 0.6) is 0 Å². The molecule has 1 nitrogen and oxygen atoms in total. The first-order valence-electron chi connectivity index (χ1n) is 4.39. The standard InChI is InChI=1S/C10H21N/c1-9(2)7-6-8-10(3)11(4)5/h9H,3,6-8H2,1-2,4-5H3. The Kier molecular flexibility index (Phi) is 5.01. The summed E-state index contributed by atoms with van der Waals surface area (Å²) in [7, 11) is 4.11. The first kappa shape index (κ1) is 10.5. The lowest BCUT2D eigenvalue weighted by Gasteiger charge is -2.15. The molecular formula is C10H21N. The third-order valence-electron chi connectivity index (χ3n) is 1.88. The highest BCUT2D eigenvalue weighted by atomic mass is 15.1. The molecule has 0 N–H and O–H groups in total. The van der Waals surface area contributed by atoms with Gasteiger partial charge in [0.05, 0.1) is 0 Å². The number of nitrogens with zero attached hydrogens (tertiary/aromatic N) is 1. The minimum absolute atomic E-state index is 0.824. The Labute approximate surface area is 71.1 Å². The van der Waals surface area contributed by atoms with E-state index >= 15 is 0 Å². The van der Waals surface area contributed by atoms with Crippen molar-refractivity contribution in [2.24, 2.45) is 5.92 Å². The molecule has 0 saturated heterocycles. The van der Waals surface area contributed by atoms with Crippen LogP contribution in [0.3, 0.4) is 0 Å². The van der Waals surface area contributed by atoms with Crippen LogP contribution in [0.4, 0.5) is 0 Å². The fourth-order valence-electron chi connectivity index (χ4n) is 0.938. The maximum atomic E-state index is 3.98. The molecule has 0 aliphatic rings. The van der Waals surface area contributed by atoms with Gasteiger partial charge in [0, 0.05) is 19.8 Å². The Balaban J connectivity index is 3.32. The van der Waals surface area contributed by atoms with Crippen molar-refractivity contribution in [3.05, 3.63) is 12.3 Å². The molecule has 0 aromatic heterocycles. The van der Waals surface area contributed by atoms with Gasteiger partial charge in [-0.25, -0.2) is 0 Å². The highest BCUT2D eigenvalue weighted by Crippen LogP contribution is 2.11.